The smallest absolute Gasteiger partial charge is 0.362 e. The third-order valence-electron chi connectivity index (χ3n) is 5.58. The molecule has 0 radical (unpaired) electrons. The number of nitrogens with zero attached hydrogens (tertiary/aromatic N) is 2. The maximum Gasteiger partial charge on any atom is 0.417 e. The number of benzene rings is 2. The summed E-state index contributed by atoms with van der Waals surface area (Å²) in [6, 6.07) is 12.4. The van der Waals surface area contributed by atoms with Gasteiger partial charge in [0, 0.05) is 31.2 Å². The van der Waals surface area contributed by atoms with Gasteiger partial charge in [-0.2, -0.15) is 13.2 Å². The van der Waals surface area contributed by atoms with Gasteiger partial charge in [-0.15, -0.1) is 0 Å². The van der Waals surface area contributed by atoms with Gasteiger partial charge in [-0.05, 0) is 30.4 Å². The van der Waals surface area contributed by atoms with E-state index in [0.29, 0.717) is 17.0 Å². The Morgan fingerprint density at radius 3 is 2.38 bits per heavy atom. The van der Waals surface area contributed by atoms with Gasteiger partial charge >= 0.3 is 6.18 Å². The number of carbonyl (C=O) groups is 1. The van der Waals surface area contributed by atoms with Crippen LogP contribution >= 0.6 is 0 Å². The van der Waals surface area contributed by atoms with Crippen LogP contribution in [-0.4, -0.2) is 33.4 Å². The number of pyridine rings is 1. The van der Waals surface area contributed by atoms with Crippen LogP contribution in [0.15, 0.2) is 59.6 Å². The second-order valence-corrected chi connectivity index (χ2v) is 9.63. The van der Waals surface area contributed by atoms with Crippen molar-refractivity contribution in [2.24, 2.45) is 0 Å². The average Bonchev–Trinajstić information content (AvgIpc) is 3.54. The van der Waals surface area contributed by atoms with Crippen LogP contribution in [0.1, 0.15) is 24.0 Å². The van der Waals surface area contributed by atoms with E-state index in [1.165, 1.54) is 11.0 Å². The number of fused-ring (bicyclic) bond motifs is 1. The molecule has 10 heteroatoms. The molecular formula is C22H20F3N3O3S. The van der Waals surface area contributed by atoms with E-state index < -0.39 is 33.1 Å². The van der Waals surface area contributed by atoms with Crippen LogP contribution in [0.5, 0.6) is 0 Å². The minimum atomic E-state index is -4.64. The van der Waals surface area contributed by atoms with Gasteiger partial charge in [-0.3, -0.25) is 4.79 Å². The number of rotatable bonds is 5. The predicted molar refractivity (Wildman–Crippen MR) is 114 cm³/mol. The van der Waals surface area contributed by atoms with Gasteiger partial charge < -0.3 is 4.90 Å². The van der Waals surface area contributed by atoms with E-state index >= 15 is 0 Å². The molecule has 0 saturated heterocycles. The zero-order chi connectivity index (χ0) is 23.3. The lowest BCUT2D eigenvalue weighted by atomic mass is 9.94. The molecule has 6 nitrogen and oxygen atoms in total. The maximum atomic E-state index is 13.3. The molecule has 0 aliphatic heterocycles. The molecule has 0 bridgehead atoms. The molecule has 4 rings (SSSR count). The summed E-state index contributed by atoms with van der Waals surface area (Å²) in [7, 11) is -1.07. The summed E-state index contributed by atoms with van der Waals surface area (Å²) in [5.41, 5.74) is -2.33. The number of anilines is 1. The third kappa shape index (κ3) is 3.79. The Bertz CT molecular complexity index is 1310. The molecule has 3 aromatic rings. The number of amides is 1. The topological polar surface area (TPSA) is 79.4 Å². The van der Waals surface area contributed by atoms with Crippen LogP contribution in [0.4, 0.5) is 19.0 Å². The number of hydrogen-bond acceptors (Lipinski definition) is 5. The lowest BCUT2D eigenvalue weighted by Gasteiger charge is -2.23. The van der Waals surface area contributed by atoms with E-state index in [1.807, 2.05) is 0 Å². The van der Waals surface area contributed by atoms with Crippen molar-refractivity contribution < 1.29 is 26.4 Å². The zero-order valence-corrected chi connectivity index (χ0v) is 18.1. The minimum absolute atomic E-state index is 0.0583. The van der Waals surface area contributed by atoms with E-state index in [-0.39, 0.29) is 29.1 Å². The zero-order valence-electron chi connectivity index (χ0n) is 17.3. The highest BCUT2D eigenvalue weighted by Gasteiger charge is 2.55. The Labute approximate surface area is 183 Å². The normalized spacial score (nSPS) is 15.4. The lowest BCUT2D eigenvalue weighted by Crippen LogP contribution is -2.39. The van der Waals surface area contributed by atoms with Crippen LogP contribution in [0.25, 0.3) is 10.8 Å². The molecule has 1 N–H and O–H groups in total. The van der Waals surface area contributed by atoms with Gasteiger partial charge in [-0.25, -0.2) is 18.1 Å². The maximum absolute atomic E-state index is 13.3. The molecule has 1 aromatic heterocycles. The summed E-state index contributed by atoms with van der Waals surface area (Å²) in [5.74, 6) is -0.678. The number of hydrogen-bond donors (Lipinski definition) is 1. The minimum Gasteiger partial charge on any atom is -0.362 e. The predicted octanol–water partition coefficient (Wildman–Crippen LogP) is 3.86. The standard InChI is InChI=1S/C22H20F3N3O3S/c1-28(2)19-17(12-15(13-26-19)22(23,24)25)21(10-11-21)20(29)27-32(30,31)18-9-5-7-14-6-3-4-8-16(14)18/h3-9,12-13H,10-11H2,1-2H3,(H,27,29). The van der Waals surface area contributed by atoms with Crippen molar-refractivity contribution >= 4 is 32.5 Å². The van der Waals surface area contributed by atoms with Crippen molar-refractivity contribution in [3.63, 3.8) is 0 Å². The number of carbonyl (C=O) groups excluding carboxylic acids is 1. The molecule has 1 fully saturated rings. The van der Waals surface area contributed by atoms with Crippen molar-refractivity contribution in [1.29, 1.82) is 0 Å². The molecule has 32 heavy (non-hydrogen) atoms. The highest BCUT2D eigenvalue weighted by Crippen LogP contribution is 2.52. The first kappa shape index (κ1) is 22.1. The van der Waals surface area contributed by atoms with Crippen molar-refractivity contribution in [3.05, 3.63) is 65.9 Å². The van der Waals surface area contributed by atoms with E-state index in [1.54, 1.807) is 50.5 Å². The first-order valence-electron chi connectivity index (χ1n) is 9.76. The second-order valence-electron chi connectivity index (χ2n) is 7.98. The molecule has 2 aromatic carbocycles. The van der Waals surface area contributed by atoms with Gasteiger partial charge in [0.2, 0.25) is 5.91 Å². The Morgan fingerprint density at radius 1 is 1.09 bits per heavy atom. The van der Waals surface area contributed by atoms with Crippen LogP contribution in [0.2, 0.25) is 0 Å². The Kier molecular flexibility index (Phi) is 5.15. The Balaban J connectivity index is 1.74. The molecule has 1 amide bonds. The van der Waals surface area contributed by atoms with Gasteiger partial charge in [0.1, 0.15) is 5.82 Å². The van der Waals surface area contributed by atoms with Crippen LogP contribution in [0, 0.1) is 0 Å². The molecule has 0 unspecified atom stereocenters. The molecule has 0 atom stereocenters. The number of alkyl halides is 3. The fourth-order valence-electron chi connectivity index (χ4n) is 3.77. The summed E-state index contributed by atoms with van der Waals surface area (Å²) in [5, 5.41) is 1.12. The van der Waals surface area contributed by atoms with Crippen molar-refractivity contribution in [2.45, 2.75) is 29.3 Å². The SMILES string of the molecule is CN(C)c1ncc(C(F)(F)F)cc1C1(C(=O)NS(=O)(=O)c2cccc3ccccc23)CC1. The van der Waals surface area contributed by atoms with Gasteiger partial charge in [0.25, 0.3) is 10.0 Å². The average molecular weight is 463 g/mol. The number of halogens is 3. The van der Waals surface area contributed by atoms with E-state index in [0.717, 1.165) is 6.07 Å². The molecule has 1 saturated carbocycles. The molecule has 1 aliphatic carbocycles. The van der Waals surface area contributed by atoms with Gasteiger partial charge in [0.15, 0.2) is 0 Å². The fraction of sp³-hybridized carbons (Fsp3) is 0.273. The number of nitrogens with one attached hydrogen (secondary N) is 1. The number of aromatic nitrogens is 1. The fourth-order valence-corrected chi connectivity index (χ4v) is 5.05. The Morgan fingerprint density at radius 2 is 1.75 bits per heavy atom. The summed E-state index contributed by atoms with van der Waals surface area (Å²) in [4.78, 5) is 18.5. The largest absolute Gasteiger partial charge is 0.417 e. The quantitative estimate of drug-likeness (QED) is 0.622. The first-order chi connectivity index (χ1) is 15.0. The lowest BCUT2D eigenvalue weighted by molar-refractivity contribution is -0.138. The third-order valence-corrected chi connectivity index (χ3v) is 6.97. The van der Waals surface area contributed by atoms with Gasteiger partial charge in [-0.1, -0.05) is 36.4 Å². The van der Waals surface area contributed by atoms with Gasteiger partial charge in [0.05, 0.1) is 15.9 Å². The van der Waals surface area contributed by atoms with Crippen LogP contribution in [-0.2, 0) is 26.4 Å². The Hall–Kier alpha value is -3.14. The van der Waals surface area contributed by atoms with E-state index in [9.17, 15) is 26.4 Å². The highest BCUT2D eigenvalue weighted by molar-refractivity contribution is 7.90. The highest BCUT2D eigenvalue weighted by atomic mass is 32.2. The summed E-state index contributed by atoms with van der Waals surface area (Å²) < 4.78 is 68.1. The van der Waals surface area contributed by atoms with Crippen LogP contribution < -0.4 is 9.62 Å². The number of sulfonamides is 1. The summed E-state index contributed by atoms with van der Waals surface area (Å²) >= 11 is 0. The summed E-state index contributed by atoms with van der Waals surface area (Å²) in [6.45, 7) is 0. The molecule has 168 valence electrons. The van der Waals surface area contributed by atoms with Crippen molar-refractivity contribution in [1.82, 2.24) is 9.71 Å². The molecular weight excluding hydrogens is 443 g/mol. The summed E-state index contributed by atoms with van der Waals surface area (Å²) in [6.07, 6.45) is -3.50. The van der Waals surface area contributed by atoms with Crippen molar-refractivity contribution in [2.75, 3.05) is 19.0 Å². The molecule has 1 aliphatic rings. The molecule has 0 spiro atoms. The monoisotopic (exact) mass is 463 g/mol. The second kappa shape index (κ2) is 7.47. The van der Waals surface area contributed by atoms with E-state index in [4.69, 9.17) is 0 Å². The van der Waals surface area contributed by atoms with E-state index in [2.05, 4.69) is 9.71 Å². The van der Waals surface area contributed by atoms with Crippen LogP contribution in [0.3, 0.4) is 0 Å². The molecule has 1 heterocycles. The first-order valence-corrected chi connectivity index (χ1v) is 11.2. The van der Waals surface area contributed by atoms with Crippen molar-refractivity contribution in [3.8, 4) is 0 Å².